The molecule has 4 nitrogen and oxygen atoms in total. The summed E-state index contributed by atoms with van der Waals surface area (Å²) in [7, 11) is 1.52. The zero-order chi connectivity index (χ0) is 15.4. The van der Waals surface area contributed by atoms with Crippen molar-refractivity contribution >= 4 is 28.9 Å². The number of aromatic hydroxyl groups is 1. The molecule has 2 aromatic rings. The number of rotatable bonds is 4. The largest absolute Gasteiger partial charge is 0.505 e. The first-order valence-corrected chi connectivity index (χ1v) is 6.79. The predicted molar refractivity (Wildman–Crippen MR) is 83.2 cm³/mol. The molecule has 0 bridgehead atoms. The fourth-order valence-electron chi connectivity index (χ4n) is 1.82. The van der Waals surface area contributed by atoms with E-state index < -0.39 is 0 Å². The van der Waals surface area contributed by atoms with Crippen molar-refractivity contribution in [3.8, 4) is 17.6 Å². The maximum absolute atomic E-state index is 9.50. The van der Waals surface area contributed by atoms with E-state index in [0.29, 0.717) is 23.5 Å². The SMILES string of the molecule is COc1ccc(CNc2cc(Cl)c(O)c(Cl)c2)cc1C#N. The molecule has 108 valence electrons. The molecule has 0 saturated carbocycles. The number of nitrogens with one attached hydrogen (secondary N) is 1. The molecular weight excluding hydrogens is 311 g/mol. The summed E-state index contributed by atoms with van der Waals surface area (Å²) in [5, 5.41) is 22.0. The van der Waals surface area contributed by atoms with Crippen LogP contribution in [0.4, 0.5) is 5.69 Å². The summed E-state index contributed by atoms with van der Waals surface area (Å²) in [4.78, 5) is 0. The number of ether oxygens (including phenoxy) is 1. The molecule has 0 atom stereocenters. The number of anilines is 1. The van der Waals surface area contributed by atoms with E-state index in [2.05, 4.69) is 11.4 Å². The first-order chi connectivity index (χ1) is 10.0. The van der Waals surface area contributed by atoms with Crippen molar-refractivity contribution in [1.82, 2.24) is 0 Å². The van der Waals surface area contributed by atoms with Crippen molar-refractivity contribution in [2.24, 2.45) is 0 Å². The highest BCUT2D eigenvalue weighted by atomic mass is 35.5. The molecule has 0 aliphatic rings. The Labute approximate surface area is 132 Å². The van der Waals surface area contributed by atoms with Crippen LogP contribution in [0.3, 0.4) is 0 Å². The van der Waals surface area contributed by atoms with Crippen LogP contribution in [-0.2, 0) is 6.54 Å². The number of benzene rings is 2. The van der Waals surface area contributed by atoms with Crippen molar-refractivity contribution in [1.29, 1.82) is 5.26 Å². The average molecular weight is 323 g/mol. The molecule has 0 spiro atoms. The zero-order valence-electron chi connectivity index (χ0n) is 11.2. The number of nitriles is 1. The Balaban J connectivity index is 2.15. The van der Waals surface area contributed by atoms with Gasteiger partial charge in [-0.3, -0.25) is 0 Å². The van der Waals surface area contributed by atoms with Crippen LogP contribution < -0.4 is 10.1 Å². The van der Waals surface area contributed by atoms with E-state index in [1.807, 2.05) is 6.07 Å². The number of nitrogens with zero attached hydrogens (tertiary/aromatic N) is 1. The minimum atomic E-state index is -0.139. The number of hydrogen-bond acceptors (Lipinski definition) is 4. The zero-order valence-corrected chi connectivity index (χ0v) is 12.7. The average Bonchev–Trinajstić information content (AvgIpc) is 2.50. The van der Waals surface area contributed by atoms with Gasteiger partial charge in [-0.25, -0.2) is 0 Å². The van der Waals surface area contributed by atoms with E-state index in [1.165, 1.54) is 7.11 Å². The van der Waals surface area contributed by atoms with Gasteiger partial charge in [-0.15, -0.1) is 0 Å². The molecule has 21 heavy (non-hydrogen) atoms. The Morgan fingerprint density at radius 1 is 1.24 bits per heavy atom. The fraction of sp³-hybridized carbons (Fsp3) is 0.133. The van der Waals surface area contributed by atoms with Gasteiger partial charge in [0.2, 0.25) is 0 Å². The van der Waals surface area contributed by atoms with Gasteiger partial charge in [0.25, 0.3) is 0 Å². The molecule has 2 rings (SSSR count). The highest BCUT2D eigenvalue weighted by Gasteiger charge is 2.07. The lowest BCUT2D eigenvalue weighted by Crippen LogP contribution is -2.00. The van der Waals surface area contributed by atoms with Crippen LogP contribution in [0.5, 0.6) is 11.5 Å². The van der Waals surface area contributed by atoms with Gasteiger partial charge in [0.15, 0.2) is 5.75 Å². The molecule has 0 aliphatic carbocycles. The molecule has 0 aliphatic heterocycles. The standard InChI is InChI=1S/C15H12Cl2N2O2/c1-21-14-3-2-9(4-10(14)7-18)8-19-11-5-12(16)15(20)13(17)6-11/h2-6,19-20H,8H2,1H3. The van der Waals surface area contributed by atoms with E-state index >= 15 is 0 Å². The summed E-state index contributed by atoms with van der Waals surface area (Å²) in [5.74, 6) is 0.400. The van der Waals surface area contributed by atoms with E-state index in [1.54, 1.807) is 24.3 Å². The maximum Gasteiger partial charge on any atom is 0.152 e. The Kier molecular flexibility index (Phi) is 4.79. The summed E-state index contributed by atoms with van der Waals surface area (Å²) in [5.41, 5.74) is 2.06. The summed E-state index contributed by atoms with van der Waals surface area (Å²) >= 11 is 11.7. The lowest BCUT2D eigenvalue weighted by molar-refractivity contribution is 0.413. The topological polar surface area (TPSA) is 65.3 Å². The summed E-state index contributed by atoms with van der Waals surface area (Å²) < 4.78 is 5.09. The molecule has 0 unspecified atom stereocenters. The Morgan fingerprint density at radius 2 is 1.90 bits per heavy atom. The monoisotopic (exact) mass is 322 g/mol. The van der Waals surface area contributed by atoms with E-state index in [0.717, 1.165) is 5.56 Å². The van der Waals surface area contributed by atoms with Gasteiger partial charge in [0.05, 0.1) is 22.7 Å². The van der Waals surface area contributed by atoms with Gasteiger partial charge in [0, 0.05) is 12.2 Å². The minimum absolute atomic E-state index is 0.139. The van der Waals surface area contributed by atoms with Gasteiger partial charge in [-0.05, 0) is 29.8 Å². The first kappa shape index (κ1) is 15.3. The predicted octanol–water partition coefficient (Wildman–Crippen LogP) is 4.19. The van der Waals surface area contributed by atoms with E-state index in [9.17, 15) is 5.11 Å². The quantitative estimate of drug-likeness (QED) is 0.828. The van der Waals surface area contributed by atoms with Crippen molar-refractivity contribution in [2.75, 3.05) is 12.4 Å². The number of methoxy groups -OCH3 is 1. The van der Waals surface area contributed by atoms with Crippen molar-refractivity contribution < 1.29 is 9.84 Å². The molecule has 2 N–H and O–H groups in total. The van der Waals surface area contributed by atoms with E-state index in [4.69, 9.17) is 33.2 Å². The molecule has 0 aromatic heterocycles. The van der Waals surface area contributed by atoms with Gasteiger partial charge in [-0.1, -0.05) is 29.3 Å². The van der Waals surface area contributed by atoms with Crippen LogP contribution >= 0.6 is 23.2 Å². The van der Waals surface area contributed by atoms with Gasteiger partial charge in [-0.2, -0.15) is 5.26 Å². The Bertz CT molecular complexity index is 688. The van der Waals surface area contributed by atoms with Crippen molar-refractivity contribution in [3.05, 3.63) is 51.5 Å². The number of phenolic OH excluding ortho intramolecular Hbond substituents is 1. The van der Waals surface area contributed by atoms with E-state index in [-0.39, 0.29) is 15.8 Å². The lowest BCUT2D eigenvalue weighted by atomic mass is 10.1. The minimum Gasteiger partial charge on any atom is -0.505 e. The fourth-order valence-corrected chi connectivity index (χ4v) is 2.31. The molecule has 6 heteroatoms. The molecule has 0 fully saturated rings. The normalized spacial score (nSPS) is 10.0. The van der Waals surface area contributed by atoms with Gasteiger partial charge < -0.3 is 15.2 Å². The second kappa shape index (κ2) is 6.57. The molecule has 2 aromatic carbocycles. The van der Waals surface area contributed by atoms with Crippen molar-refractivity contribution in [2.45, 2.75) is 6.54 Å². The summed E-state index contributed by atoms with van der Waals surface area (Å²) in [6, 6.07) is 10.6. The maximum atomic E-state index is 9.50. The smallest absolute Gasteiger partial charge is 0.152 e. The number of hydrogen-bond donors (Lipinski definition) is 2. The Morgan fingerprint density at radius 3 is 2.48 bits per heavy atom. The molecular formula is C15H12Cl2N2O2. The first-order valence-electron chi connectivity index (χ1n) is 6.04. The van der Waals surface area contributed by atoms with Crippen LogP contribution in [0.25, 0.3) is 0 Å². The van der Waals surface area contributed by atoms with Crippen LogP contribution in [0.1, 0.15) is 11.1 Å². The number of halogens is 2. The molecule has 0 amide bonds. The van der Waals surface area contributed by atoms with Crippen LogP contribution in [0.2, 0.25) is 10.0 Å². The Hall–Kier alpha value is -2.09. The van der Waals surface area contributed by atoms with Crippen LogP contribution in [0.15, 0.2) is 30.3 Å². The number of phenols is 1. The third kappa shape index (κ3) is 3.52. The molecule has 0 saturated heterocycles. The highest BCUT2D eigenvalue weighted by molar-refractivity contribution is 6.37. The summed E-state index contributed by atoms with van der Waals surface area (Å²) in [6.45, 7) is 0.482. The molecule has 0 heterocycles. The van der Waals surface area contributed by atoms with Crippen LogP contribution in [-0.4, -0.2) is 12.2 Å². The van der Waals surface area contributed by atoms with Gasteiger partial charge >= 0.3 is 0 Å². The van der Waals surface area contributed by atoms with Crippen molar-refractivity contribution in [3.63, 3.8) is 0 Å². The van der Waals surface area contributed by atoms with Gasteiger partial charge in [0.1, 0.15) is 11.8 Å². The third-order valence-corrected chi connectivity index (χ3v) is 3.47. The second-order valence-electron chi connectivity index (χ2n) is 4.29. The second-order valence-corrected chi connectivity index (χ2v) is 5.10. The molecule has 0 radical (unpaired) electrons. The highest BCUT2D eigenvalue weighted by Crippen LogP contribution is 2.34. The third-order valence-electron chi connectivity index (χ3n) is 2.90. The van der Waals surface area contributed by atoms with Crippen LogP contribution in [0, 0.1) is 11.3 Å². The summed E-state index contributed by atoms with van der Waals surface area (Å²) in [6.07, 6.45) is 0. The lowest BCUT2D eigenvalue weighted by Gasteiger charge is -2.10.